The second kappa shape index (κ2) is 7.39. The summed E-state index contributed by atoms with van der Waals surface area (Å²) in [5, 5.41) is 10.4. The Balaban J connectivity index is 2.05. The first kappa shape index (κ1) is 19.8. The summed E-state index contributed by atoms with van der Waals surface area (Å²) in [5.41, 5.74) is 0.952. The third kappa shape index (κ3) is 3.61. The van der Waals surface area contributed by atoms with Crippen molar-refractivity contribution in [1.82, 2.24) is 4.98 Å². The van der Waals surface area contributed by atoms with Crippen molar-refractivity contribution < 1.29 is 12.8 Å². The van der Waals surface area contributed by atoms with Crippen molar-refractivity contribution in [3.05, 3.63) is 76.2 Å². The Morgan fingerprint density at radius 2 is 1.76 bits per heavy atom. The summed E-state index contributed by atoms with van der Waals surface area (Å²) in [4.78, 5) is 4.35. The highest BCUT2D eigenvalue weighted by Gasteiger charge is 2.28. The molecule has 9 heteroatoms. The van der Waals surface area contributed by atoms with E-state index in [1.54, 1.807) is 42.5 Å². The first-order valence-electron chi connectivity index (χ1n) is 8.10. The molecule has 29 heavy (non-hydrogen) atoms. The zero-order valence-corrected chi connectivity index (χ0v) is 17.5. The lowest BCUT2D eigenvalue weighted by atomic mass is 10.1. The Hall–Kier alpha value is -2.50. The van der Waals surface area contributed by atoms with Crippen LogP contribution in [0.15, 0.2) is 63.7 Å². The number of thiophene rings is 1. The van der Waals surface area contributed by atoms with Crippen LogP contribution in [0.1, 0.15) is 5.56 Å². The number of hydrogen-bond acceptors (Lipinski definition) is 5. The molecule has 0 aliphatic carbocycles. The molecule has 0 saturated carbocycles. The third-order valence-electron chi connectivity index (χ3n) is 4.18. The fourth-order valence-electron chi connectivity index (χ4n) is 2.90. The highest BCUT2D eigenvalue weighted by Crippen LogP contribution is 2.43. The molecule has 0 aliphatic heterocycles. The Labute approximate surface area is 179 Å². The first-order valence-corrected chi connectivity index (χ1v) is 11.2. The number of benzene rings is 2. The topological polar surface area (TPSA) is 70.8 Å². The summed E-state index contributed by atoms with van der Waals surface area (Å²) in [6, 6.07) is 14.8. The SMILES string of the molecule is N#Cc1cc(F)cc(S(=O)(=O)c2sc3nc(Cl)ccc3c2-c2ccc(Cl)cc2)c1. The number of fused-ring (bicyclic) bond motifs is 1. The van der Waals surface area contributed by atoms with Crippen LogP contribution in [0.4, 0.5) is 4.39 Å². The average molecular weight is 463 g/mol. The number of nitrogens with zero attached hydrogens (tertiary/aromatic N) is 2. The molecule has 2 aromatic carbocycles. The number of nitriles is 1. The molecule has 0 amide bonds. The smallest absolute Gasteiger partial charge is 0.216 e. The van der Waals surface area contributed by atoms with Gasteiger partial charge in [0.25, 0.3) is 0 Å². The van der Waals surface area contributed by atoms with E-state index in [-0.39, 0.29) is 19.8 Å². The molecule has 4 nitrogen and oxygen atoms in total. The molecule has 0 aliphatic rings. The van der Waals surface area contributed by atoms with Gasteiger partial charge >= 0.3 is 0 Å². The molecule has 0 bridgehead atoms. The van der Waals surface area contributed by atoms with E-state index in [0.29, 0.717) is 26.4 Å². The van der Waals surface area contributed by atoms with Crippen LogP contribution in [-0.4, -0.2) is 13.4 Å². The Morgan fingerprint density at radius 3 is 2.45 bits per heavy atom. The van der Waals surface area contributed by atoms with Crippen molar-refractivity contribution >= 4 is 54.6 Å². The van der Waals surface area contributed by atoms with Crippen molar-refractivity contribution in [2.75, 3.05) is 0 Å². The lowest BCUT2D eigenvalue weighted by Crippen LogP contribution is -2.03. The Morgan fingerprint density at radius 1 is 1.03 bits per heavy atom. The van der Waals surface area contributed by atoms with Crippen LogP contribution in [-0.2, 0) is 9.84 Å². The van der Waals surface area contributed by atoms with Crippen LogP contribution < -0.4 is 0 Å². The maximum absolute atomic E-state index is 13.9. The average Bonchev–Trinajstić information content (AvgIpc) is 3.07. The number of pyridine rings is 1. The van der Waals surface area contributed by atoms with Gasteiger partial charge < -0.3 is 0 Å². The summed E-state index contributed by atoms with van der Waals surface area (Å²) in [5.74, 6) is -0.807. The highest BCUT2D eigenvalue weighted by molar-refractivity contribution is 7.93. The van der Waals surface area contributed by atoms with Gasteiger partial charge in [-0.3, -0.25) is 0 Å². The lowest BCUT2D eigenvalue weighted by Gasteiger charge is -2.08. The minimum Gasteiger partial charge on any atom is -0.225 e. The molecule has 0 atom stereocenters. The van der Waals surface area contributed by atoms with Gasteiger partial charge in [-0.1, -0.05) is 35.3 Å². The van der Waals surface area contributed by atoms with E-state index >= 15 is 0 Å². The monoisotopic (exact) mass is 462 g/mol. The molecule has 0 spiro atoms. The van der Waals surface area contributed by atoms with Gasteiger partial charge in [0.15, 0.2) is 0 Å². The predicted molar refractivity (Wildman–Crippen MR) is 112 cm³/mol. The van der Waals surface area contributed by atoms with Gasteiger partial charge in [0.2, 0.25) is 9.84 Å². The van der Waals surface area contributed by atoms with E-state index in [4.69, 9.17) is 28.5 Å². The number of rotatable bonds is 3. The van der Waals surface area contributed by atoms with Crippen molar-refractivity contribution in [3.63, 3.8) is 0 Å². The predicted octanol–water partition coefficient (Wildman–Crippen LogP) is 6.11. The molecular formula is C20H9Cl2FN2O2S2. The first-order chi connectivity index (χ1) is 13.8. The molecule has 4 rings (SSSR count). The molecule has 0 unspecified atom stereocenters. The van der Waals surface area contributed by atoms with Crippen molar-refractivity contribution in [1.29, 1.82) is 5.26 Å². The lowest BCUT2D eigenvalue weighted by molar-refractivity contribution is 0.592. The van der Waals surface area contributed by atoms with Gasteiger partial charge in [-0.25, -0.2) is 17.8 Å². The molecule has 0 N–H and O–H groups in total. The summed E-state index contributed by atoms with van der Waals surface area (Å²) < 4.78 is 40.7. The largest absolute Gasteiger partial charge is 0.225 e. The van der Waals surface area contributed by atoms with E-state index in [1.807, 2.05) is 0 Å². The van der Waals surface area contributed by atoms with Gasteiger partial charge in [0, 0.05) is 16.0 Å². The van der Waals surface area contributed by atoms with E-state index in [9.17, 15) is 12.8 Å². The van der Waals surface area contributed by atoms with Gasteiger partial charge in [-0.2, -0.15) is 5.26 Å². The normalized spacial score (nSPS) is 11.5. The van der Waals surface area contributed by atoms with Gasteiger partial charge in [-0.05, 0) is 48.0 Å². The van der Waals surface area contributed by atoms with Gasteiger partial charge in [0.05, 0.1) is 16.5 Å². The fraction of sp³-hybridized carbons (Fsp3) is 0. The van der Waals surface area contributed by atoms with Gasteiger partial charge in [0.1, 0.15) is 20.0 Å². The standard InChI is InChI=1S/C20H9Cl2FN2O2S2/c21-13-3-1-12(2-4-13)18-16-5-6-17(22)25-19(16)28-20(18)29(26,27)15-8-11(10-24)7-14(23)9-15/h1-9H. The number of halogens is 3. The van der Waals surface area contributed by atoms with Crippen LogP contribution in [0.3, 0.4) is 0 Å². The zero-order chi connectivity index (χ0) is 20.8. The third-order valence-corrected chi connectivity index (χ3v) is 7.99. The number of sulfone groups is 1. The summed E-state index contributed by atoms with van der Waals surface area (Å²) in [6.45, 7) is 0. The number of hydrogen-bond donors (Lipinski definition) is 0. The molecule has 0 saturated heterocycles. The maximum Gasteiger partial charge on any atom is 0.216 e. The fourth-order valence-corrected chi connectivity index (χ4v) is 6.38. The number of aromatic nitrogens is 1. The minimum atomic E-state index is -4.15. The highest BCUT2D eigenvalue weighted by atomic mass is 35.5. The molecule has 144 valence electrons. The summed E-state index contributed by atoms with van der Waals surface area (Å²) in [7, 11) is -4.15. The molecule has 2 aromatic heterocycles. The summed E-state index contributed by atoms with van der Waals surface area (Å²) in [6.07, 6.45) is 0. The van der Waals surface area contributed by atoms with Crippen LogP contribution in [0.25, 0.3) is 21.3 Å². The zero-order valence-electron chi connectivity index (χ0n) is 14.4. The van der Waals surface area contributed by atoms with Crippen molar-refractivity contribution in [2.45, 2.75) is 9.10 Å². The molecule has 2 heterocycles. The Kier molecular flexibility index (Phi) is 5.05. The maximum atomic E-state index is 13.9. The van der Waals surface area contributed by atoms with Crippen molar-refractivity contribution in [2.24, 2.45) is 0 Å². The quantitative estimate of drug-likeness (QED) is 0.344. The van der Waals surface area contributed by atoms with E-state index < -0.39 is 15.7 Å². The van der Waals surface area contributed by atoms with Crippen LogP contribution in [0.5, 0.6) is 0 Å². The summed E-state index contributed by atoms with van der Waals surface area (Å²) >= 11 is 12.9. The van der Waals surface area contributed by atoms with Crippen molar-refractivity contribution in [3.8, 4) is 17.2 Å². The Bertz CT molecular complexity index is 1410. The molecule has 0 radical (unpaired) electrons. The van der Waals surface area contributed by atoms with Crippen LogP contribution in [0.2, 0.25) is 10.2 Å². The van der Waals surface area contributed by atoms with E-state index in [1.165, 1.54) is 0 Å². The molecular weight excluding hydrogens is 454 g/mol. The molecule has 4 aromatic rings. The minimum absolute atomic E-state index is 0.0147. The van der Waals surface area contributed by atoms with Crippen LogP contribution in [0, 0.1) is 17.1 Å². The second-order valence-corrected chi connectivity index (χ2v) is 10.0. The van der Waals surface area contributed by atoms with E-state index in [0.717, 1.165) is 29.5 Å². The molecule has 0 fully saturated rings. The van der Waals surface area contributed by atoms with E-state index in [2.05, 4.69) is 4.98 Å². The second-order valence-electron chi connectivity index (χ2n) is 6.05. The van der Waals surface area contributed by atoms with Gasteiger partial charge in [-0.15, -0.1) is 11.3 Å². The van der Waals surface area contributed by atoms with Crippen LogP contribution >= 0.6 is 34.5 Å².